The molecule has 2 aliphatic heterocycles. The molecule has 1 unspecified atom stereocenters. The molecule has 0 N–H and O–H groups in total. The van der Waals surface area contributed by atoms with Gasteiger partial charge in [-0.05, 0) is 47.0 Å². The highest BCUT2D eigenvalue weighted by atomic mass is 16.7. The van der Waals surface area contributed by atoms with E-state index < -0.39 is 0 Å². The van der Waals surface area contributed by atoms with Gasteiger partial charge in [-0.25, -0.2) is 0 Å². The average Bonchev–Trinajstić information content (AvgIpc) is 2.55. The summed E-state index contributed by atoms with van der Waals surface area (Å²) in [6, 6.07) is 0. The number of ether oxygens (including phenoxy) is 2. The van der Waals surface area contributed by atoms with Crippen LogP contribution in [0.2, 0.25) is 0 Å². The van der Waals surface area contributed by atoms with Crippen LogP contribution in [0.1, 0.15) is 47.0 Å². The van der Waals surface area contributed by atoms with Gasteiger partial charge in [0, 0.05) is 6.61 Å². The third-order valence-electron chi connectivity index (χ3n) is 4.08. The second-order valence-corrected chi connectivity index (χ2v) is 6.18. The molecule has 2 saturated heterocycles. The van der Waals surface area contributed by atoms with Gasteiger partial charge >= 0.3 is 7.12 Å². The molecule has 0 aliphatic carbocycles. The molecule has 2 heterocycles. The molecule has 5 heteroatoms. The van der Waals surface area contributed by atoms with Crippen LogP contribution in [-0.2, 0) is 18.8 Å². The van der Waals surface area contributed by atoms with Gasteiger partial charge in [-0.1, -0.05) is 12.1 Å². The van der Waals surface area contributed by atoms with Gasteiger partial charge in [-0.15, -0.1) is 0 Å². The molecule has 0 amide bonds. The molecular formula is C14H25BO4. The normalized spacial score (nSPS) is 30.1. The molecule has 0 aromatic rings. The first kappa shape index (κ1) is 15.0. The van der Waals surface area contributed by atoms with Crippen molar-refractivity contribution in [2.45, 2.75) is 64.4 Å². The summed E-state index contributed by atoms with van der Waals surface area (Å²) in [6.07, 6.45) is 5.22. The predicted octanol–water partition coefficient (Wildman–Crippen LogP) is 2.72. The maximum atomic E-state index is 5.86. The summed E-state index contributed by atoms with van der Waals surface area (Å²) < 4.78 is 22.8. The topological polar surface area (TPSA) is 36.9 Å². The first-order valence-electron chi connectivity index (χ1n) is 7.16. The van der Waals surface area contributed by atoms with Crippen molar-refractivity contribution in [2.75, 3.05) is 13.2 Å². The maximum Gasteiger partial charge on any atom is 0.486 e. The van der Waals surface area contributed by atoms with Gasteiger partial charge in [0.15, 0.2) is 6.29 Å². The molecule has 0 bridgehead atoms. The highest BCUT2D eigenvalue weighted by Crippen LogP contribution is 2.36. The lowest BCUT2D eigenvalue weighted by Gasteiger charge is -2.32. The Morgan fingerprint density at radius 1 is 1.16 bits per heavy atom. The zero-order chi connectivity index (χ0) is 13.9. The molecular weight excluding hydrogens is 243 g/mol. The lowest BCUT2D eigenvalue weighted by atomic mass is 9.90. The van der Waals surface area contributed by atoms with E-state index in [0.29, 0.717) is 6.61 Å². The molecule has 4 nitrogen and oxygen atoms in total. The van der Waals surface area contributed by atoms with Gasteiger partial charge in [-0.2, -0.15) is 0 Å². The van der Waals surface area contributed by atoms with E-state index in [0.717, 1.165) is 19.4 Å². The summed E-state index contributed by atoms with van der Waals surface area (Å²) in [4.78, 5) is 0. The van der Waals surface area contributed by atoms with Gasteiger partial charge in [0.2, 0.25) is 0 Å². The van der Waals surface area contributed by atoms with Gasteiger partial charge in [0.25, 0.3) is 0 Å². The van der Waals surface area contributed by atoms with Gasteiger partial charge < -0.3 is 18.8 Å². The molecule has 0 radical (unpaired) electrons. The fourth-order valence-corrected chi connectivity index (χ4v) is 2.14. The molecule has 0 aromatic carbocycles. The van der Waals surface area contributed by atoms with Crippen LogP contribution in [0.15, 0.2) is 12.1 Å². The Kier molecular flexibility index (Phi) is 4.72. The summed E-state index contributed by atoms with van der Waals surface area (Å²) in [5.41, 5.74) is -0.565. The van der Waals surface area contributed by atoms with Gasteiger partial charge in [0.05, 0.1) is 17.8 Å². The van der Waals surface area contributed by atoms with Crippen molar-refractivity contribution in [2.24, 2.45) is 0 Å². The molecule has 2 rings (SSSR count). The highest BCUT2D eigenvalue weighted by Gasteiger charge is 2.49. The van der Waals surface area contributed by atoms with Crippen LogP contribution >= 0.6 is 0 Å². The van der Waals surface area contributed by atoms with Crippen molar-refractivity contribution in [3.8, 4) is 0 Å². The monoisotopic (exact) mass is 268 g/mol. The van der Waals surface area contributed by atoms with Crippen molar-refractivity contribution in [1.29, 1.82) is 0 Å². The summed E-state index contributed by atoms with van der Waals surface area (Å²) >= 11 is 0. The molecule has 0 saturated carbocycles. The van der Waals surface area contributed by atoms with E-state index in [4.69, 9.17) is 18.8 Å². The minimum Gasteiger partial charge on any atom is -0.400 e. The van der Waals surface area contributed by atoms with Gasteiger partial charge in [0.1, 0.15) is 0 Å². The van der Waals surface area contributed by atoms with Crippen molar-refractivity contribution < 1.29 is 18.8 Å². The van der Waals surface area contributed by atoms with Crippen molar-refractivity contribution in [3.05, 3.63) is 12.1 Å². The van der Waals surface area contributed by atoms with Crippen molar-refractivity contribution in [3.63, 3.8) is 0 Å². The van der Waals surface area contributed by atoms with Crippen LogP contribution in [0.25, 0.3) is 0 Å². The Labute approximate surface area is 116 Å². The maximum absolute atomic E-state index is 5.86. The predicted molar refractivity (Wildman–Crippen MR) is 74.8 cm³/mol. The standard InChI is InChI=1S/C14H25BO4/c1-13(2)14(3,4)19-15(18-13)9-7-11-17-12-8-5-6-10-16-12/h7,9,12H,5-6,8,10-11H2,1-4H3/b9-7+. The summed E-state index contributed by atoms with van der Waals surface area (Å²) in [5, 5.41) is 0. The average molecular weight is 268 g/mol. The fraction of sp³-hybridized carbons (Fsp3) is 0.857. The van der Waals surface area contributed by atoms with Crippen LogP contribution in [0.5, 0.6) is 0 Å². The minimum atomic E-state index is -0.291. The van der Waals surface area contributed by atoms with Gasteiger partial charge in [-0.3, -0.25) is 0 Å². The molecule has 19 heavy (non-hydrogen) atoms. The van der Waals surface area contributed by atoms with Crippen LogP contribution in [-0.4, -0.2) is 37.8 Å². The lowest BCUT2D eigenvalue weighted by Crippen LogP contribution is -2.41. The largest absolute Gasteiger partial charge is 0.486 e. The van der Waals surface area contributed by atoms with E-state index in [1.54, 1.807) is 0 Å². The molecule has 0 aromatic heterocycles. The molecule has 2 aliphatic rings. The number of hydrogen-bond acceptors (Lipinski definition) is 4. The number of rotatable bonds is 4. The zero-order valence-corrected chi connectivity index (χ0v) is 12.5. The Balaban J connectivity index is 1.72. The summed E-state index contributed by atoms with van der Waals surface area (Å²) in [7, 11) is -0.291. The highest BCUT2D eigenvalue weighted by molar-refractivity contribution is 6.51. The fourth-order valence-electron chi connectivity index (χ4n) is 2.14. The second kappa shape index (κ2) is 5.96. The lowest BCUT2D eigenvalue weighted by molar-refractivity contribution is -0.155. The van der Waals surface area contributed by atoms with Crippen LogP contribution < -0.4 is 0 Å². The smallest absolute Gasteiger partial charge is 0.400 e. The Morgan fingerprint density at radius 2 is 1.84 bits per heavy atom. The third kappa shape index (κ3) is 3.82. The van der Waals surface area contributed by atoms with Crippen LogP contribution in [0.3, 0.4) is 0 Å². The molecule has 1 atom stereocenters. The number of hydrogen-bond donors (Lipinski definition) is 0. The Bertz CT molecular complexity index is 305. The Morgan fingerprint density at radius 3 is 2.42 bits per heavy atom. The third-order valence-corrected chi connectivity index (χ3v) is 4.08. The van der Waals surface area contributed by atoms with Crippen molar-refractivity contribution in [1.82, 2.24) is 0 Å². The van der Waals surface area contributed by atoms with Crippen LogP contribution in [0, 0.1) is 0 Å². The first-order chi connectivity index (χ1) is 8.91. The summed E-state index contributed by atoms with van der Waals surface area (Å²) in [6.45, 7) is 9.54. The summed E-state index contributed by atoms with van der Waals surface area (Å²) in [5.74, 6) is 1.92. The van der Waals surface area contributed by atoms with E-state index in [1.165, 1.54) is 6.42 Å². The van der Waals surface area contributed by atoms with E-state index in [1.807, 2.05) is 39.7 Å². The molecule has 2 fully saturated rings. The van der Waals surface area contributed by atoms with E-state index in [2.05, 4.69) is 0 Å². The van der Waals surface area contributed by atoms with Crippen LogP contribution in [0.4, 0.5) is 0 Å². The molecule has 108 valence electrons. The Hall–Kier alpha value is -0.355. The quantitative estimate of drug-likeness (QED) is 0.734. The minimum absolute atomic E-state index is 0.0447. The molecule has 0 spiro atoms. The van der Waals surface area contributed by atoms with E-state index in [9.17, 15) is 0 Å². The first-order valence-corrected chi connectivity index (χ1v) is 7.16. The van der Waals surface area contributed by atoms with E-state index >= 15 is 0 Å². The SMILES string of the molecule is CC1(C)OB(/C=C/COC2CCCCO2)OC1(C)C. The van der Waals surface area contributed by atoms with E-state index in [-0.39, 0.29) is 24.6 Å². The zero-order valence-electron chi connectivity index (χ0n) is 12.5. The second-order valence-electron chi connectivity index (χ2n) is 6.18. The van der Waals surface area contributed by atoms with Crippen molar-refractivity contribution >= 4 is 7.12 Å².